The molecule has 0 saturated heterocycles. The summed E-state index contributed by atoms with van der Waals surface area (Å²) in [5, 5.41) is 0. The Morgan fingerprint density at radius 2 is 0.636 bits per heavy atom. The summed E-state index contributed by atoms with van der Waals surface area (Å²) in [5.74, 6) is 0. The highest BCUT2D eigenvalue weighted by atomic mass is 14.0. The van der Waals surface area contributed by atoms with Crippen molar-refractivity contribution >= 4 is 0 Å². The van der Waals surface area contributed by atoms with Gasteiger partial charge in [-0.05, 0) is 25.7 Å². The summed E-state index contributed by atoms with van der Waals surface area (Å²) in [4.78, 5) is 0. The molecule has 0 atom stereocenters. The molecule has 1 rings (SSSR count). The standard InChI is InChI=1S/C22H41/c1-2-4-6-8-10-12-14-16-18-20-22-21-19-17-15-13-11-9-7-5-3-1/h1-3H,4-22H2/b2-1-. The van der Waals surface area contributed by atoms with Gasteiger partial charge in [-0.25, -0.2) is 0 Å². The van der Waals surface area contributed by atoms with Crippen molar-refractivity contribution in [2.24, 2.45) is 0 Å². The van der Waals surface area contributed by atoms with E-state index in [0.717, 1.165) is 0 Å². The van der Waals surface area contributed by atoms with Crippen LogP contribution in [0.25, 0.3) is 0 Å². The van der Waals surface area contributed by atoms with E-state index in [0.29, 0.717) is 0 Å². The molecule has 0 heterocycles. The first kappa shape index (κ1) is 19.8. The van der Waals surface area contributed by atoms with E-state index in [4.69, 9.17) is 0 Å². The fraction of sp³-hybridized carbons (Fsp3) is 0.864. The Kier molecular flexibility index (Phi) is 15.4. The van der Waals surface area contributed by atoms with Crippen LogP contribution >= 0.6 is 0 Å². The maximum atomic E-state index is 2.38. The van der Waals surface area contributed by atoms with E-state index in [-0.39, 0.29) is 0 Å². The summed E-state index contributed by atoms with van der Waals surface area (Å²) in [5.41, 5.74) is 0. The quantitative estimate of drug-likeness (QED) is 0.423. The van der Waals surface area contributed by atoms with E-state index < -0.39 is 0 Å². The Labute approximate surface area is 141 Å². The lowest BCUT2D eigenvalue weighted by atomic mass is 10.0. The molecule has 0 spiro atoms. The zero-order valence-corrected chi connectivity index (χ0v) is 15.2. The minimum atomic E-state index is 1.29. The first-order valence-electron chi connectivity index (χ1n) is 10.5. The molecule has 0 nitrogen and oxygen atoms in total. The third-order valence-corrected chi connectivity index (χ3v) is 5.01. The van der Waals surface area contributed by atoms with Crippen LogP contribution in [0.4, 0.5) is 0 Å². The molecule has 0 saturated carbocycles. The highest BCUT2D eigenvalue weighted by molar-refractivity contribution is 4.94. The Balaban J connectivity index is 2.05. The van der Waals surface area contributed by atoms with Crippen LogP contribution in [0.15, 0.2) is 12.2 Å². The topological polar surface area (TPSA) is 0 Å². The Morgan fingerprint density at radius 3 is 1.05 bits per heavy atom. The van der Waals surface area contributed by atoms with Crippen molar-refractivity contribution in [3.63, 3.8) is 0 Å². The van der Waals surface area contributed by atoms with E-state index in [1.54, 1.807) is 0 Å². The molecule has 0 bridgehead atoms. The van der Waals surface area contributed by atoms with Gasteiger partial charge < -0.3 is 0 Å². The molecule has 0 N–H and O–H groups in total. The maximum Gasteiger partial charge on any atom is -0.0171 e. The van der Waals surface area contributed by atoms with Crippen molar-refractivity contribution in [3.05, 3.63) is 18.6 Å². The first-order valence-corrected chi connectivity index (χ1v) is 10.5. The van der Waals surface area contributed by atoms with Crippen LogP contribution < -0.4 is 0 Å². The highest BCUT2D eigenvalue weighted by Crippen LogP contribution is 2.15. The van der Waals surface area contributed by atoms with Crippen LogP contribution in [-0.2, 0) is 0 Å². The molecule has 0 heteroatoms. The molecule has 0 unspecified atom stereocenters. The van der Waals surface area contributed by atoms with Gasteiger partial charge in [-0.1, -0.05) is 115 Å². The van der Waals surface area contributed by atoms with Gasteiger partial charge in [0.25, 0.3) is 0 Å². The minimum absolute atomic E-state index is 1.29. The lowest BCUT2D eigenvalue weighted by Gasteiger charge is -2.04. The Hall–Kier alpha value is -0.260. The fourth-order valence-electron chi connectivity index (χ4n) is 3.46. The number of rotatable bonds is 0. The van der Waals surface area contributed by atoms with Crippen LogP contribution in [0, 0.1) is 6.42 Å². The molecule has 0 amide bonds. The van der Waals surface area contributed by atoms with Crippen molar-refractivity contribution in [1.82, 2.24) is 0 Å². The van der Waals surface area contributed by atoms with Gasteiger partial charge in [-0.15, -0.1) is 0 Å². The summed E-state index contributed by atoms with van der Waals surface area (Å²) < 4.78 is 0. The largest absolute Gasteiger partial charge is 0.0882 e. The predicted octanol–water partition coefficient (Wildman–Crippen LogP) is 8.17. The molecule has 1 aliphatic carbocycles. The number of hydrogen-bond donors (Lipinski definition) is 0. The van der Waals surface area contributed by atoms with Crippen LogP contribution in [0.1, 0.15) is 122 Å². The average Bonchev–Trinajstić information content (AvgIpc) is 2.53. The smallest absolute Gasteiger partial charge is 0.0171 e. The molecule has 0 aromatic carbocycles. The van der Waals surface area contributed by atoms with E-state index in [1.807, 2.05) is 0 Å². The Morgan fingerprint density at radius 1 is 0.318 bits per heavy atom. The monoisotopic (exact) mass is 305 g/mol. The van der Waals surface area contributed by atoms with Crippen molar-refractivity contribution in [2.75, 3.05) is 0 Å². The molecule has 1 radical (unpaired) electrons. The maximum absolute atomic E-state index is 2.38. The highest BCUT2D eigenvalue weighted by Gasteiger charge is 1.95. The summed E-state index contributed by atoms with van der Waals surface area (Å²) in [6.45, 7) is 0. The van der Waals surface area contributed by atoms with Gasteiger partial charge in [0, 0.05) is 0 Å². The van der Waals surface area contributed by atoms with Gasteiger partial charge in [0.15, 0.2) is 0 Å². The summed E-state index contributed by atoms with van der Waals surface area (Å²) >= 11 is 0. The van der Waals surface area contributed by atoms with Gasteiger partial charge in [-0.3, -0.25) is 0 Å². The zero-order chi connectivity index (χ0) is 15.6. The third kappa shape index (κ3) is 14.7. The molecule has 0 aromatic rings. The second kappa shape index (κ2) is 17.1. The van der Waals surface area contributed by atoms with Crippen molar-refractivity contribution in [2.45, 2.75) is 122 Å². The second-order valence-corrected chi connectivity index (χ2v) is 7.25. The lowest BCUT2D eigenvalue weighted by Crippen LogP contribution is -1.84. The summed E-state index contributed by atoms with van der Waals surface area (Å²) in [6.07, 6.45) is 34.5. The van der Waals surface area contributed by atoms with E-state index in [1.165, 1.54) is 122 Å². The molecule has 0 aliphatic heterocycles. The van der Waals surface area contributed by atoms with Crippen molar-refractivity contribution in [1.29, 1.82) is 0 Å². The predicted molar refractivity (Wildman–Crippen MR) is 101 cm³/mol. The molecular weight excluding hydrogens is 264 g/mol. The summed E-state index contributed by atoms with van der Waals surface area (Å²) in [6, 6.07) is 0. The number of hydrogen-bond acceptors (Lipinski definition) is 0. The molecule has 22 heavy (non-hydrogen) atoms. The summed E-state index contributed by atoms with van der Waals surface area (Å²) in [7, 11) is 0. The van der Waals surface area contributed by atoms with Crippen LogP contribution in [0.3, 0.4) is 0 Å². The van der Waals surface area contributed by atoms with Gasteiger partial charge in [-0.2, -0.15) is 0 Å². The third-order valence-electron chi connectivity index (χ3n) is 5.01. The van der Waals surface area contributed by atoms with Crippen LogP contribution in [0.2, 0.25) is 0 Å². The molecular formula is C22H41. The minimum Gasteiger partial charge on any atom is -0.0882 e. The lowest BCUT2D eigenvalue weighted by molar-refractivity contribution is 0.525. The van der Waals surface area contributed by atoms with Crippen LogP contribution in [-0.4, -0.2) is 0 Å². The SMILES string of the molecule is [CH]1/C=C\CCCCCCCCCCCCCCCCCCC1. The van der Waals surface area contributed by atoms with Crippen molar-refractivity contribution < 1.29 is 0 Å². The zero-order valence-electron chi connectivity index (χ0n) is 15.2. The normalized spacial score (nSPS) is 24.7. The number of allylic oxidation sites excluding steroid dienone is 2. The molecule has 129 valence electrons. The van der Waals surface area contributed by atoms with Gasteiger partial charge in [0.1, 0.15) is 0 Å². The molecule has 0 fully saturated rings. The molecule has 1 aliphatic rings. The van der Waals surface area contributed by atoms with Crippen molar-refractivity contribution in [3.8, 4) is 0 Å². The van der Waals surface area contributed by atoms with E-state index in [9.17, 15) is 0 Å². The van der Waals surface area contributed by atoms with Gasteiger partial charge in [0.2, 0.25) is 0 Å². The average molecular weight is 306 g/mol. The van der Waals surface area contributed by atoms with Crippen LogP contribution in [0.5, 0.6) is 0 Å². The van der Waals surface area contributed by atoms with E-state index in [2.05, 4.69) is 18.6 Å². The fourth-order valence-corrected chi connectivity index (χ4v) is 3.46. The van der Waals surface area contributed by atoms with E-state index >= 15 is 0 Å². The second-order valence-electron chi connectivity index (χ2n) is 7.25. The van der Waals surface area contributed by atoms with Gasteiger partial charge in [0.05, 0.1) is 0 Å². The van der Waals surface area contributed by atoms with Gasteiger partial charge >= 0.3 is 0 Å². The first-order chi connectivity index (χ1) is 11.0. The Bertz CT molecular complexity index is 204. The molecule has 0 aromatic heterocycles.